The Morgan fingerprint density at radius 1 is 1.56 bits per heavy atom. The fourth-order valence-electron chi connectivity index (χ4n) is 1.01. The Bertz CT molecular complexity index is 373. The van der Waals surface area contributed by atoms with Crippen molar-refractivity contribution in [3.05, 3.63) is 16.6 Å². The third-order valence-electron chi connectivity index (χ3n) is 2.28. The molecule has 0 fully saturated rings. The number of carbonyl (C=O) groups excluding carboxylic acids is 1. The maximum atomic E-state index is 11.4. The molecule has 0 atom stereocenters. The standard InChI is InChI=1S/C10H14N2O3S/c1-10(2,9(14)15)3-4-11-8(13)7-5-16-6-12-7/h5-6H,3-4H2,1-2H3,(H,11,13)(H,14,15). The van der Waals surface area contributed by atoms with E-state index in [0.29, 0.717) is 18.7 Å². The van der Waals surface area contributed by atoms with E-state index in [4.69, 9.17) is 5.11 Å². The Labute approximate surface area is 97.5 Å². The molecule has 0 saturated carbocycles. The number of nitrogens with zero attached hydrogens (tertiary/aromatic N) is 1. The molecule has 0 unspecified atom stereocenters. The zero-order valence-corrected chi connectivity index (χ0v) is 10.0. The Balaban J connectivity index is 2.37. The first-order chi connectivity index (χ1) is 7.43. The van der Waals surface area contributed by atoms with Gasteiger partial charge in [0.05, 0.1) is 10.9 Å². The lowest BCUT2D eigenvalue weighted by Crippen LogP contribution is -2.32. The van der Waals surface area contributed by atoms with E-state index in [1.165, 1.54) is 11.3 Å². The molecule has 1 aromatic rings. The molecule has 88 valence electrons. The number of thiazole rings is 1. The van der Waals surface area contributed by atoms with Crippen LogP contribution < -0.4 is 5.32 Å². The number of rotatable bonds is 5. The van der Waals surface area contributed by atoms with Crippen LogP contribution >= 0.6 is 11.3 Å². The van der Waals surface area contributed by atoms with Crippen molar-refractivity contribution >= 4 is 23.2 Å². The maximum absolute atomic E-state index is 11.4. The number of carboxylic acid groups (broad SMARTS) is 1. The van der Waals surface area contributed by atoms with E-state index >= 15 is 0 Å². The maximum Gasteiger partial charge on any atom is 0.309 e. The highest BCUT2D eigenvalue weighted by molar-refractivity contribution is 7.07. The lowest BCUT2D eigenvalue weighted by atomic mass is 9.90. The molecule has 0 saturated heterocycles. The molecule has 0 bridgehead atoms. The van der Waals surface area contributed by atoms with Crippen molar-refractivity contribution in [2.24, 2.45) is 5.41 Å². The van der Waals surface area contributed by atoms with Crippen LogP contribution in [0.25, 0.3) is 0 Å². The minimum Gasteiger partial charge on any atom is -0.481 e. The van der Waals surface area contributed by atoms with Crippen molar-refractivity contribution < 1.29 is 14.7 Å². The van der Waals surface area contributed by atoms with E-state index in [-0.39, 0.29) is 5.91 Å². The van der Waals surface area contributed by atoms with Gasteiger partial charge in [-0.3, -0.25) is 9.59 Å². The number of carbonyl (C=O) groups is 2. The molecular weight excluding hydrogens is 228 g/mol. The van der Waals surface area contributed by atoms with Crippen LogP contribution in [-0.4, -0.2) is 28.5 Å². The van der Waals surface area contributed by atoms with E-state index in [1.54, 1.807) is 24.7 Å². The molecule has 0 aliphatic carbocycles. The molecule has 6 heteroatoms. The summed E-state index contributed by atoms with van der Waals surface area (Å²) in [6.07, 6.45) is 0.387. The summed E-state index contributed by atoms with van der Waals surface area (Å²) in [7, 11) is 0. The summed E-state index contributed by atoms with van der Waals surface area (Å²) >= 11 is 1.35. The Morgan fingerprint density at radius 3 is 2.75 bits per heavy atom. The summed E-state index contributed by atoms with van der Waals surface area (Å²) in [4.78, 5) is 26.1. The van der Waals surface area contributed by atoms with Gasteiger partial charge >= 0.3 is 5.97 Å². The minimum absolute atomic E-state index is 0.262. The number of aromatic nitrogens is 1. The fourth-order valence-corrected chi connectivity index (χ4v) is 1.54. The van der Waals surface area contributed by atoms with E-state index < -0.39 is 11.4 Å². The van der Waals surface area contributed by atoms with Crippen LogP contribution in [-0.2, 0) is 4.79 Å². The molecule has 5 nitrogen and oxygen atoms in total. The predicted molar refractivity (Wildman–Crippen MR) is 60.5 cm³/mol. The largest absolute Gasteiger partial charge is 0.481 e. The number of hydrogen-bond acceptors (Lipinski definition) is 4. The molecule has 2 N–H and O–H groups in total. The second-order valence-corrected chi connectivity index (χ2v) is 4.79. The van der Waals surface area contributed by atoms with Gasteiger partial charge in [-0.1, -0.05) is 0 Å². The average Bonchev–Trinajstić information content (AvgIpc) is 2.69. The summed E-state index contributed by atoms with van der Waals surface area (Å²) < 4.78 is 0. The van der Waals surface area contributed by atoms with Crippen LogP contribution in [0.4, 0.5) is 0 Å². The zero-order chi connectivity index (χ0) is 12.2. The molecule has 1 heterocycles. The number of carboxylic acids is 1. The molecule has 0 aliphatic heterocycles. The van der Waals surface area contributed by atoms with Crippen LogP contribution in [0.2, 0.25) is 0 Å². The topological polar surface area (TPSA) is 79.3 Å². The van der Waals surface area contributed by atoms with Crippen molar-refractivity contribution in [1.29, 1.82) is 0 Å². The molecule has 0 spiro atoms. The predicted octanol–water partition coefficient (Wildman–Crippen LogP) is 1.37. The summed E-state index contributed by atoms with van der Waals surface area (Å²) in [5, 5.41) is 13.2. The van der Waals surface area contributed by atoms with Crippen LogP contribution in [0.15, 0.2) is 10.9 Å². The fraction of sp³-hybridized carbons (Fsp3) is 0.500. The Morgan fingerprint density at radius 2 is 2.25 bits per heavy atom. The normalized spacial score (nSPS) is 11.1. The van der Waals surface area contributed by atoms with Crippen molar-refractivity contribution in [2.45, 2.75) is 20.3 Å². The van der Waals surface area contributed by atoms with Crippen LogP contribution in [0.1, 0.15) is 30.8 Å². The molecule has 0 aliphatic rings. The molecule has 16 heavy (non-hydrogen) atoms. The lowest BCUT2D eigenvalue weighted by Gasteiger charge is -2.18. The number of amides is 1. The van der Waals surface area contributed by atoms with E-state index in [2.05, 4.69) is 10.3 Å². The van der Waals surface area contributed by atoms with E-state index in [0.717, 1.165) is 0 Å². The van der Waals surface area contributed by atoms with Gasteiger partial charge in [0, 0.05) is 11.9 Å². The van der Waals surface area contributed by atoms with Crippen LogP contribution in [0, 0.1) is 5.41 Å². The average molecular weight is 242 g/mol. The first kappa shape index (κ1) is 12.6. The highest BCUT2D eigenvalue weighted by Gasteiger charge is 2.26. The summed E-state index contributed by atoms with van der Waals surface area (Å²) in [5.41, 5.74) is 1.13. The van der Waals surface area contributed by atoms with Gasteiger partial charge < -0.3 is 10.4 Å². The zero-order valence-electron chi connectivity index (χ0n) is 9.19. The van der Waals surface area contributed by atoms with Gasteiger partial charge in [0.25, 0.3) is 5.91 Å². The number of nitrogens with one attached hydrogen (secondary N) is 1. The molecule has 0 aromatic carbocycles. The van der Waals surface area contributed by atoms with Crippen LogP contribution in [0.3, 0.4) is 0 Å². The van der Waals surface area contributed by atoms with Gasteiger partial charge in [-0.05, 0) is 20.3 Å². The van der Waals surface area contributed by atoms with Gasteiger partial charge in [0.1, 0.15) is 5.69 Å². The lowest BCUT2D eigenvalue weighted by molar-refractivity contribution is -0.147. The number of hydrogen-bond donors (Lipinski definition) is 2. The Kier molecular flexibility index (Phi) is 4.00. The quantitative estimate of drug-likeness (QED) is 0.817. The molecular formula is C10H14N2O3S. The second kappa shape index (κ2) is 5.07. The SMILES string of the molecule is CC(C)(CCNC(=O)c1cscn1)C(=O)O. The third-order valence-corrected chi connectivity index (χ3v) is 2.87. The highest BCUT2D eigenvalue weighted by atomic mass is 32.1. The summed E-state index contributed by atoms with van der Waals surface area (Å²) in [6, 6.07) is 0. The molecule has 1 aromatic heterocycles. The van der Waals surface area contributed by atoms with Crippen LogP contribution in [0.5, 0.6) is 0 Å². The minimum atomic E-state index is -0.865. The van der Waals surface area contributed by atoms with Crippen molar-refractivity contribution in [3.63, 3.8) is 0 Å². The molecule has 0 radical (unpaired) electrons. The van der Waals surface area contributed by atoms with Crippen molar-refractivity contribution in [1.82, 2.24) is 10.3 Å². The smallest absolute Gasteiger partial charge is 0.309 e. The first-order valence-corrected chi connectivity index (χ1v) is 5.77. The van der Waals surface area contributed by atoms with Crippen molar-refractivity contribution in [2.75, 3.05) is 6.54 Å². The van der Waals surface area contributed by atoms with Crippen molar-refractivity contribution in [3.8, 4) is 0 Å². The van der Waals surface area contributed by atoms with Gasteiger partial charge in [0.15, 0.2) is 0 Å². The number of aliphatic carboxylic acids is 1. The Hall–Kier alpha value is -1.43. The van der Waals surface area contributed by atoms with Gasteiger partial charge in [0.2, 0.25) is 0 Å². The summed E-state index contributed by atoms with van der Waals surface area (Å²) in [5.74, 6) is -1.13. The van der Waals surface area contributed by atoms with Gasteiger partial charge in [-0.15, -0.1) is 11.3 Å². The monoisotopic (exact) mass is 242 g/mol. The first-order valence-electron chi connectivity index (χ1n) is 4.83. The highest BCUT2D eigenvalue weighted by Crippen LogP contribution is 2.19. The summed E-state index contributed by atoms with van der Waals surface area (Å²) in [6.45, 7) is 3.59. The van der Waals surface area contributed by atoms with E-state index in [9.17, 15) is 9.59 Å². The molecule has 1 amide bonds. The van der Waals surface area contributed by atoms with E-state index in [1.807, 2.05) is 0 Å². The third kappa shape index (κ3) is 3.30. The molecule has 1 rings (SSSR count). The van der Waals surface area contributed by atoms with Gasteiger partial charge in [-0.2, -0.15) is 0 Å². The van der Waals surface area contributed by atoms with Gasteiger partial charge in [-0.25, -0.2) is 4.98 Å². The second-order valence-electron chi connectivity index (χ2n) is 4.07.